The molecule has 2 amide bonds. The zero-order valence-corrected chi connectivity index (χ0v) is 25.2. The minimum absolute atomic E-state index is 0.0158. The topological polar surface area (TPSA) is 96.0 Å². The Morgan fingerprint density at radius 3 is 2.29 bits per heavy atom. The molecule has 0 spiro atoms. The first kappa shape index (κ1) is 31.3. The number of sulfonamides is 1. The highest BCUT2D eigenvalue weighted by Gasteiger charge is 2.33. The number of anilines is 1. The van der Waals surface area contributed by atoms with Gasteiger partial charge in [0.25, 0.3) is 10.0 Å². The predicted molar refractivity (Wildman–Crippen MR) is 160 cm³/mol. The standard InChI is InChI=1S/C31H35ClFN3O5S/c1-3-41-27-16-18-28(19-17-27)42(39,40)36(26-14-12-24(33)13-15-26)21-30(37)35(20-23-8-4-7-11-29(23)32)22(2)31(38)34-25-9-5-6-10-25/h4,7-8,11-19,22,25H,3,5-6,9-10,20-21H2,1-2H3,(H,34,38)/t22-/m1/s1. The Morgan fingerprint density at radius 1 is 1.02 bits per heavy atom. The highest BCUT2D eigenvalue weighted by atomic mass is 35.5. The van der Waals surface area contributed by atoms with Gasteiger partial charge in [0.05, 0.1) is 17.2 Å². The molecule has 0 saturated heterocycles. The minimum atomic E-state index is -4.29. The van der Waals surface area contributed by atoms with Gasteiger partial charge in [-0.25, -0.2) is 12.8 Å². The number of halogens is 2. The lowest BCUT2D eigenvalue weighted by Crippen LogP contribution is -2.52. The number of nitrogens with zero attached hydrogens (tertiary/aromatic N) is 2. The summed E-state index contributed by atoms with van der Waals surface area (Å²) in [4.78, 5) is 28.6. The summed E-state index contributed by atoms with van der Waals surface area (Å²) >= 11 is 6.41. The average molecular weight is 616 g/mol. The number of amides is 2. The Balaban J connectivity index is 1.68. The molecule has 1 N–H and O–H groups in total. The number of hydrogen-bond donors (Lipinski definition) is 1. The molecular weight excluding hydrogens is 581 g/mol. The van der Waals surface area contributed by atoms with Crippen molar-refractivity contribution in [2.45, 2.75) is 63.1 Å². The molecule has 0 aliphatic heterocycles. The number of ether oxygens (including phenoxy) is 1. The summed E-state index contributed by atoms with van der Waals surface area (Å²) in [6.45, 7) is 3.19. The Hall–Kier alpha value is -3.63. The van der Waals surface area contributed by atoms with Crippen LogP contribution in [0.15, 0.2) is 77.7 Å². The lowest BCUT2D eigenvalue weighted by molar-refractivity contribution is -0.139. The van der Waals surface area contributed by atoms with Crippen LogP contribution in [0.3, 0.4) is 0 Å². The molecule has 0 unspecified atom stereocenters. The van der Waals surface area contributed by atoms with Crippen molar-refractivity contribution in [3.8, 4) is 5.75 Å². The summed E-state index contributed by atoms with van der Waals surface area (Å²) in [5.74, 6) is -1.01. The molecule has 3 aromatic rings. The van der Waals surface area contributed by atoms with Crippen LogP contribution in [0.2, 0.25) is 5.02 Å². The number of carbonyl (C=O) groups is 2. The fourth-order valence-electron chi connectivity index (χ4n) is 4.92. The minimum Gasteiger partial charge on any atom is -0.494 e. The zero-order chi connectivity index (χ0) is 30.3. The smallest absolute Gasteiger partial charge is 0.264 e. The van der Waals surface area contributed by atoms with E-state index in [1.54, 1.807) is 31.2 Å². The van der Waals surface area contributed by atoms with E-state index in [2.05, 4.69) is 5.32 Å². The summed E-state index contributed by atoms with van der Waals surface area (Å²) < 4.78 is 48.0. The van der Waals surface area contributed by atoms with Crippen molar-refractivity contribution in [2.75, 3.05) is 17.5 Å². The van der Waals surface area contributed by atoms with E-state index in [9.17, 15) is 22.4 Å². The molecule has 0 aromatic heterocycles. The number of carbonyl (C=O) groups excluding carboxylic acids is 2. The van der Waals surface area contributed by atoms with Crippen LogP contribution in [-0.2, 0) is 26.2 Å². The lowest BCUT2D eigenvalue weighted by Gasteiger charge is -2.32. The van der Waals surface area contributed by atoms with Gasteiger partial charge in [-0.3, -0.25) is 13.9 Å². The van der Waals surface area contributed by atoms with E-state index in [-0.39, 0.29) is 29.1 Å². The summed E-state index contributed by atoms with van der Waals surface area (Å²) in [5, 5.41) is 3.44. The molecule has 1 aliphatic carbocycles. The van der Waals surface area contributed by atoms with E-state index in [1.165, 1.54) is 41.3 Å². The molecule has 0 bridgehead atoms. The SMILES string of the molecule is CCOc1ccc(S(=O)(=O)N(CC(=O)N(Cc2ccccc2Cl)[C@H](C)C(=O)NC2CCCC2)c2ccc(F)cc2)cc1. The van der Waals surface area contributed by atoms with E-state index < -0.39 is 34.3 Å². The maximum Gasteiger partial charge on any atom is 0.264 e. The molecule has 224 valence electrons. The van der Waals surface area contributed by atoms with Gasteiger partial charge in [-0.2, -0.15) is 0 Å². The van der Waals surface area contributed by atoms with Gasteiger partial charge in [0.1, 0.15) is 24.2 Å². The lowest BCUT2D eigenvalue weighted by atomic mass is 10.1. The largest absolute Gasteiger partial charge is 0.494 e. The van der Waals surface area contributed by atoms with Crippen LogP contribution in [0.25, 0.3) is 0 Å². The monoisotopic (exact) mass is 615 g/mol. The van der Waals surface area contributed by atoms with Crippen molar-refractivity contribution in [1.29, 1.82) is 0 Å². The van der Waals surface area contributed by atoms with E-state index in [0.717, 1.165) is 42.1 Å². The second-order valence-corrected chi connectivity index (χ2v) is 12.4. The van der Waals surface area contributed by atoms with Crippen LogP contribution in [0.5, 0.6) is 5.75 Å². The third kappa shape index (κ3) is 7.60. The number of rotatable bonds is 12. The Morgan fingerprint density at radius 2 is 1.67 bits per heavy atom. The molecule has 1 saturated carbocycles. The number of benzene rings is 3. The Kier molecular flexibility index (Phi) is 10.5. The van der Waals surface area contributed by atoms with Crippen LogP contribution in [0.4, 0.5) is 10.1 Å². The van der Waals surface area contributed by atoms with Crippen LogP contribution in [0, 0.1) is 5.82 Å². The van der Waals surface area contributed by atoms with Crippen molar-refractivity contribution in [3.63, 3.8) is 0 Å². The van der Waals surface area contributed by atoms with Gasteiger partial charge in [-0.05, 0) is 86.8 Å². The fraction of sp³-hybridized carbons (Fsp3) is 0.355. The van der Waals surface area contributed by atoms with E-state index >= 15 is 0 Å². The molecule has 1 atom stereocenters. The summed E-state index contributed by atoms with van der Waals surface area (Å²) in [6, 6.07) is 16.8. The summed E-state index contributed by atoms with van der Waals surface area (Å²) in [6.07, 6.45) is 3.79. The molecule has 0 radical (unpaired) electrons. The molecule has 0 heterocycles. The van der Waals surface area contributed by atoms with Gasteiger partial charge < -0.3 is 15.0 Å². The second-order valence-electron chi connectivity index (χ2n) is 10.2. The van der Waals surface area contributed by atoms with Crippen molar-refractivity contribution < 1.29 is 27.1 Å². The molecule has 11 heteroatoms. The van der Waals surface area contributed by atoms with Crippen LogP contribution >= 0.6 is 11.6 Å². The highest BCUT2D eigenvalue weighted by molar-refractivity contribution is 7.92. The van der Waals surface area contributed by atoms with Gasteiger partial charge >= 0.3 is 0 Å². The maximum atomic E-state index is 14.0. The van der Waals surface area contributed by atoms with Crippen molar-refractivity contribution in [2.24, 2.45) is 0 Å². The highest BCUT2D eigenvalue weighted by Crippen LogP contribution is 2.27. The third-order valence-corrected chi connectivity index (χ3v) is 9.44. The van der Waals surface area contributed by atoms with E-state index in [1.807, 2.05) is 6.92 Å². The molecule has 42 heavy (non-hydrogen) atoms. The normalized spacial score (nSPS) is 14.3. The molecule has 8 nitrogen and oxygen atoms in total. The van der Waals surface area contributed by atoms with Crippen LogP contribution < -0.4 is 14.4 Å². The van der Waals surface area contributed by atoms with E-state index in [4.69, 9.17) is 16.3 Å². The third-order valence-electron chi connectivity index (χ3n) is 7.28. The van der Waals surface area contributed by atoms with Gasteiger partial charge in [0, 0.05) is 17.6 Å². The van der Waals surface area contributed by atoms with Crippen molar-refractivity contribution in [1.82, 2.24) is 10.2 Å². The first-order chi connectivity index (χ1) is 20.1. The van der Waals surface area contributed by atoms with Crippen LogP contribution in [-0.4, -0.2) is 50.4 Å². The number of hydrogen-bond acceptors (Lipinski definition) is 5. The predicted octanol–water partition coefficient (Wildman–Crippen LogP) is 5.55. The first-order valence-corrected chi connectivity index (χ1v) is 15.8. The summed E-state index contributed by atoms with van der Waals surface area (Å²) in [5.41, 5.74) is 0.704. The molecule has 4 rings (SSSR count). The first-order valence-electron chi connectivity index (χ1n) is 13.9. The quantitative estimate of drug-likeness (QED) is 0.288. The van der Waals surface area contributed by atoms with E-state index in [0.29, 0.717) is 22.9 Å². The Bertz CT molecular complexity index is 1480. The van der Waals surface area contributed by atoms with Crippen LogP contribution in [0.1, 0.15) is 45.1 Å². The average Bonchev–Trinajstić information content (AvgIpc) is 3.49. The second kappa shape index (κ2) is 14.0. The summed E-state index contributed by atoms with van der Waals surface area (Å²) in [7, 11) is -4.29. The maximum absolute atomic E-state index is 14.0. The zero-order valence-electron chi connectivity index (χ0n) is 23.6. The van der Waals surface area contributed by atoms with Gasteiger partial charge in [0.15, 0.2) is 0 Å². The van der Waals surface area contributed by atoms with Gasteiger partial charge in [0.2, 0.25) is 11.8 Å². The molecule has 3 aromatic carbocycles. The molecular formula is C31H35ClFN3O5S. The molecule has 1 aliphatic rings. The number of nitrogens with one attached hydrogen (secondary N) is 1. The fourth-order valence-corrected chi connectivity index (χ4v) is 6.53. The molecule has 1 fully saturated rings. The Labute approximate surface area is 251 Å². The van der Waals surface area contributed by atoms with Gasteiger partial charge in [-0.1, -0.05) is 42.6 Å². The van der Waals surface area contributed by atoms with Crippen molar-refractivity contribution >= 4 is 39.1 Å². The van der Waals surface area contributed by atoms with Crippen molar-refractivity contribution in [3.05, 3.63) is 89.2 Å². The van der Waals surface area contributed by atoms with Gasteiger partial charge in [-0.15, -0.1) is 0 Å².